The highest BCUT2D eigenvalue weighted by molar-refractivity contribution is 5.98. The number of carbonyl (C=O) groups is 1. The molecule has 0 aliphatic carbocycles. The van der Waals surface area contributed by atoms with E-state index in [1.807, 2.05) is 13.8 Å². The number of hydrogen-bond acceptors (Lipinski definition) is 3. The molecule has 4 nitrogen and oxygen atoms in total. The van der Waals surface area contributed by atoms with Crippen LogP contribution in [0.3, 0.4) is 0 Å². The maximum atomic E-state index is 11.1. The SMILES string of the molecule is CC.CC1=NC(CO)CC(=O)N1C. The lowest BCUT2D eigenvalue weighted by molar-refractivity contribution is -0.127. The van der Waals surface area contributed by atoms with Crippen molar-refractivity contribution in [3.05, 3.63) is 0 Å². The number of hydrogen-bond donors (Lipinski definition) is 1. The first-order valence-corrected chi connectivity index (χ1v) is 4.57. The highest BCUT2D eigenvalue weighted by Gasteiger charge is 2.22. The zero-order chi connectivity index (χ0) is 10.4. The minimum atomic E-state index is -0.223. The molecule has 0 bridgehead atoms. The minimum absolute atomic E-state index is 0.0246. The van der Waals surface area contributed by atoms with Gasteiger partial charge >= 0.3 is 0 Å². The van der Waals surface area contributed by atoms with E-state index in [9.17, 15) is 4.79 Å². The summed E-state index contributed by atoms with van der Waals surface area (Å²) in [6, 6.07) is -0.223. The molecule has 0 aromatic rings. The lowest BCUT2D eigenvalue weighted by atomic mass is 10.2. The second-order valence-electron chi connectivity index (χ2n) is 2.67. The van der Waals surface area contributed by atoms with Crippen molar-refractivity contribution >= 4 is 11.7 Å². The summed E-state index contributed by atoms with van der Waals surface area (Å²) in [7, 11) is 1.69. The Bertz CT molecular complexity index is 202. The first-order valence-electron chi connectivity index (χ1n) is 4.57. The zero-order valence-electron chi connectivity index (χ0n) is 8.74. The quantitative estimate of drug-likeness (QED) is 0.654. The number of carbonyl (C=O) groups excluding carboxylic acids is 1. The van der Waals surface area contributed by atoms with E-state index in [1.54, 1.807) is 14.0 Å². The Balaban J connectivity index is 0.000000671. The normalized spacial score (nSPS) is 21.9. The van der Waals surface area contributed by atoms with Gasteiger partial charge in [-0.3, -0.25) is 9.79 Å². The molecule has 1 N–H and O–H groups in total. The van der Waals surface area contributed by atoms with E-state index < -0.39 is 0 Å². The zero-order valence-corrected chi connectivity index (χ0v) is 8.74. The molecule has 1 aliphatic rings. The maximum Gasteiger partial charge on any atom is 0.229 e. The molecule has 4 heteroatoms. The Morgan fingerprint density at radius 3 is 2.54 bits per heavy atom. The monoisotopic (exact) mass is 186 g/mol. The van der Waals surface area contributed by atoms with E-state index in [0.29, 0.717) is 12.3 Å². The molecule has 1 aliphatic heterocycles. The number of amidine groups is 1. The molecule has 0 fully saturated rings. The second kappa shape index (κ2) is 5.70. The molecule has 1 heterocycles. The molecule has 0 aromatic heterocycles. The fraction of sp³-hybridized carbons (Fsp3) is 0.778. The Hall–Kier alpha value is -0.900. The molecule has 0 saturated carbocycles. The highest BCUT2D eigenvalue weighted by atomic mass is 16.3. The molecular weight excluding hydrogens is 168 g/mol. The van der Waals surface area contributed by atoms with Gasteiger partial charge in [0.2, 0.25) is 5.91 Å². The van der Waals surface area contributed by atoms with Crippen molar-refractivity contribution < 1.29 is 9.90 Å². The van der Waals surface area contributed by atoms with Crippen LogP contribution in [0.15, 0.2) is 4.99 Å². The molecular formula is C9H18N2O2. The smallest absolute Gasteiger partial charge is 0.229 e. The third-order valence-corrected chi connectivity index (χ3v) is 1.85. The van der Waals surface area contributed by atoms with E-state index in [1.165, 1.54) is 4.90 Å². The summed E-state index contributed by atoms with van der Waals surface area (Å²) >= 11 is 0. The van der Waals surface area contributed by atoms with Crippen molar-refractivity contribution in [2.75, 3.05) is 13.7 Å². The average Bonchev–Trinajstić information content (AvgIpc) is 2.16. The fourth-order valence-electron chi connectivity index (χ4n) is 1.02. The summed E-state index contributed by atoms with van der Waals surface area (Å²) in [4.78, 5) is 16.7. The summed E-state index contributed by atoms with van der Waals surface area (Å²) in [5, 5.41) is 8.74. The standard InChI is InChI=1S/C7H12N2O2.C2H6/c1-5-8-6(4-10)3-7(11)9(5)2;1-2/h6,10H,3-4H2,1-2H3;1-2H3. The summed E-state index contributed by atoms with van der Waals surface area (Å²) < 4.78 is 0. The van der Waals surface area contributed by atoms with Crippen molar-refractivity contribution in [3.8, 4) is 0 Å². The third kappa shape index (κ3) is 3.14. The summed E-state index contributed by atoms with van der Waals surface area (Å²) in [6.07, 6.45) is 0.324. The number of nitrogens with zero attached hydrogens (tertiary/aromatic N) is 2. The number of aliphatic imine (C=N–C) groups is 1. The van der Waals surface area contributed by atoms with Crippen LogP contribution in [-0.4, -0.2) is 41.4 Å². The Labute approximate surface area is 79.3 Å². The van der Waals surface area contributed by atoms with Crippen molar-refractivity contribution in [3.63, 3.8) is 0 Å². The van der Waals surface area contributed by atoms with Crippen LogP contribution in [0, 0.1) is 0 Å². The van der Waals surface area contributed by atoms with Gasteiger partial charge in [0.05, 0.1) is 19.1 Å². The molecule has 76 valence electrons. The van der Waals surface area contributed by atoms with Crippen LogP contribution < -0.4 is 0 Å². The largest absolute Gasteiger partial charge is 0.394 e. The molecule has 0 spiro atoms. The second-order valence-corrected chi connectivity index (χ2v) is 2.67. The summed E-state index contributed by atoms with van der Waals surface area (Å²) in [5.41, 5.74) is 0. The van der Waals surface area contributed by atoms with Gasteiger partial charge < -0.3 is 10.0 Å². The van der Waals surface area contributed by atoms with Gasteiger partial charge in [-0.25, -0.2) is 0 Å². The number of aliphatic hydroxyl groups is 1. The predicted molar refractivity (Wildman–Crippen MR) is 52.7 cm³/mol. The van der Waals surface area contributed by atoms with Gasteiger partial charge in [0.15, 0.2) is 0 Å². The molecule has 1 atom stereocenters. The predicted octanol–water partition coefficient (Wildman–Crippen LogP) is 0.654. The molecule has 13 heavy (non-hydrogen) atoms. The molecule has 0 saturated heterocycles. The van der Waals surface area contributed by atoms with Crippen molar-refractivity contribution in [1.29, 1.82) is 0 Å². The van der Waals surface area contributed by atoms with Crippen molar-refractivity contribution in [2.45, 2.75) is 33.2 Å². The maximum absolute atomic E-state index is 11.1. The molecule has 0 radical (unpaired) electrons. The Kier molecular flexibility index (Phi) is 5.30. The van der Waals surface area contributed by atoms with Gasteiger partial charge in [-0.15, -0.1) is 0 Å². The van der Waals surface area contributed by atoms with Crippen LogP contribution in [0.5, 0.6) is 0 Å². The lowest BCUT2D eigenvalue weighted by Gasteiger charge is -2.24. The minimum Gasteiger partial charge on any atom is -0.394 e. The van der Waals surface area contributed by atoms with E-state index >= 15 is 0 Å². The van der Waals surface area contributed by atoms with Crippen LogP contribution in [-0.2, 0) is 4.79 Å². The Morgan fingerprint density at radius 2 is 2.15 bits per heavy atom. The van der Waals surface area contributed by atoms with Crippen LogP contribution >= 0.6 is 0 Å². The van der Waals surface area contributed by atoms with Gasteiger partial charge in [-0.1, -0.05) is 13.8 Å². The Morgan fingerprint density at radius 1 is 1.62 bits per heavy atom. The average molecular weight is 186 g/mol. The first kappa shape index (κ1) is 12.1. The summed E-state index contributed by atoms with van der Waals surface area (Å²) in [5.74, 6) is 0.705. The van der Waals surface area contributed by atoms with Gasteiger partial charge in [0.1, 0.15) is 5.84 Å². The van der Waals surface area contributed by atoms with E-state index in [4.69, 9.17) is 5.11 Å². The van der Waals surface area contributed by atoms with Crippen molar-refractivity contribution in [2.24, 2.45) is 4.99 Å². The molecule has 1 amide bonds. The molecule has 1 rings (SSSR count). The van der Waals surface area contributed by atoms with Gasteiger partial charge in [0.25, 0.3) is 0 Å². The lowest BCUT2D eigenvalue weighted by Crippen LogP contribution is -2.39. The molecule has 0 aromatic carbocycles. The topological polar surface area (TPSA) is 52.9 Å². The van der Waals surface area contributed by atoms with E-state index in [-0.39, 0.29) is 18.6 Å². The van der Waals surface area contributed by atoms with Crippen LogP contribution in [0.2, 0.25) is 0 Å². The van der Waals surface area contributed by atoms with E-state index in [0.717, 1.165) is 0 Å². The van der Waals surface area contributed by atoms with E-state index in [2.05, 4.69) is 4.99 Å². The van der Waals surface area contributed by atoms with Gasteiger partial charge in [-0.05, 0) is 6.92 Å². The van der Waals surface area contributed by atoms with Crippen LogP contribution in [0.1, 0.15) is 27.2 Å². The van der Waals surface area contributed by atoms with Gasteiger partial charge in [-0.2, -0.15) is 0 Å². The van der Waals surface area contributed by atoms with Gasteiger partial charge in [0, 0.05) is 7.05 Å². The third-order valence-electron chi connectivity index (χ3n) is 1.85. The molecule has 1 unspecified atom stereocenters. The highest BCUT2D eigenvalue weighted by Crippen LogP contribution is 2.08. The summed E-state index contributed by atoms with van der Waals surface area (Å²) in [6.45, 7) is 5.72. The number of amides is 1. The first-order chi connectivity index (χ1) is 6.15. The van der Waals surface area contributed by atoms with Crippen molar-refractivity contribution in [1.82, 2.24) is 4.90 Å². The van der Waals surface area contributed by atoms with Crippen LogP contribution in [0.25, 0.3) is 0 Å². The number of rotatable bonds is 1. The number of aliphatic hydroxyl groups excluding tert-OH is 1. The fourth-order valence-corrected chi connectivity index (χ4v) is 1.02. The van der Waals surface area contributed by atoms with Crippen LogP contribution in [0.4, 0.5) is 0 Å².